The highest BCUT2D eigenvalue weighted by atomic mass is 19.1. The van der Waals surface area contributed by atoms with Crippen molar-refractivity contribution in [3.05, 3.63) is 29.1 Å². The maximum atomic E-state index is 13.6. The first kappa shape index (κ1) is 14.4. The lowest BCUT2D eigenvalue weighted by Gasteiger charge is -2.17. The molecule has 3 N–H and O–H groups in total. The average Bonchev–Trinajstić information content (AvgIpc) is 2.31. The summed E-state index contributed by atoms with van der Waals surface area (Å²) in [4.78, 5) is 11.1. The molecule has 0 heterocycles. The van der Waals surface area contributed by atoms with E-state index >= 15 is 0 Å². The van der Waals surface area contributed by atoms with Gasteiger partial charge < -0.3 is 15.8 Å². The number of rotatable bonds is 6. The van der Waals surface area contributed by atoms with Crippen LogP contribution in [-0.4, -0.2) is 25.7 Å². The number of benzene rings is 1. The quantitative estimate of drug-likeness (QED) is 0.816. The smallest absolute Gasteiger partial charge is 0.248 e. The number of hydrogen-bond acceptors (Lipinski definition) is 3. The van der Waals surface area contributed by atoms with Crippen molar-refractivity contribution >= 4 is 11.6 Å². The highest BCUT2D eigenvalue weighted by molar-refractivity contribution is 5.94. The van der Waals surface area contributed by atoms with Gasteiger partial charge in [-0.25, -0.2) is 4.39 Å². The van der Waals surface area contributed by atoms with Crippen molar-refractivity contribution < 1.29 is 13.9 Å². The number of carbonyl (C=O) groups excluding carboxylic acids is 1. The first-order valence-corrected chi connectivity index (χ1v) is 5.81. The van der Waals surface area contributed by atoms with Crippen LogP contribution in [0.3, 0.4) is 0 Å². The highest BCUT2D eigenvalue weighted by Crippen LogP contribution is 2.21. The van der Waals surface area contributed by atoms with E-state index in [1.165, 1.54) is 0 Å². The molecule has 0 fully saturated rings. The second-order valence-electron chi connectivity index (χ2n) is 4.32. The maximum absolute atomic E-state index is 13.6. The number of hydrogen-bond donors (Lipinski definition) is 2. The number of carbonyl (C=O) groups is 1. The van der Waals surface area contributed by atoms with E-state index in [9.17, 15) is 9.18 Å². The van der Waals surface area contributed by atoms with Crippen molar-refractivity contribution in [2.24, 2.45) is 5.73 Å². The van der Waals surface area contributed by atoms with E-state index in [1.54, 1.807) is 20.1 Å². The Morgan fingerprint density at radius 3 is 2.78 bits per heavy atom. The van der Waals surface area contributed by atoms with E-state index in [0.717, 1.165) is 12.5 Å². The zero-order valence-corrected chi connectivity index (χ0v) is 10.9. The zero-order valence-electron chi connectivity index (χ0n) is 10.9. The Morgan fingerprint density at radius 1 is 1.56 bits per heavy atom. The molecule has 18 heavy (non-hydrogen) atoms. The number of ether oxygens (including phenoxy) is 1. The fraction of sp³-hybridized carbons (Fsp3) is 0.462. The summed E-state index contributed by atoms with van der Waals surface area (Å²) in [6.45, 7) is 4.24. The van der Waals surface area contributed by atoms with Gasteiger partial charge in [-0.3, -0.25) is 4.79 Å². The SMILES string of the molecule is COCCC(C)Nc1cc(C(N)=O)cc(F)c1C. The van der Waals surface area contributed by atoms with Crippen LogP contribution < -0.4 is 11.1 Å². The lowest BCUT2D eigenvalue weighted by atomic mass is 10.1. The summed E-state index contributed by atoms with van der Waals surface area (Å²) in [5.41, 5.74) is 6.39. The van der Waals surface area contributed by atoms with Gasteiger partial charge in [0, 0.05) is 36.6 Å². The molecule has 5 heteroatoms. The molecule has 1 unspecified atom stereocenters. The molecule has 0 saturated carbocycles. The summed E-state index contributed by atoms with van der Waals surface area (Å²) < 4.78 is 18.6. The normalized spacial score (nSPS) is 12.2. The third-order valence-electron chi connectivity index (χ3n) is 2.79. The number of primary amides is 1. The van der Waals surface area contributed by atoms with Crippen LogP contribution in [0.1, 0.15) is 29.3 Å². The minimum absolute atomic E-state index is 0.117. The highest BCUT2D eigenvalue weighted by Gasteiger charge is 2.12. The molecule has 1 atom stereocenters. The lowest BCUT2D eigenvalue weighted by molar-refractivity contribution is 0.1000. The minimum atomic E-state index is -0.638. The van der Waals surface area contributed by atoms with Crippen molar-refractivity contribution in [1.82, 2.24) is 0 Å². The molecule has 0 aliphatic carbocycles. The van der Waals surface area contributed by atoms with Crippen molar-refractivity contribution in [3.63, 3.8) is 0 Å². The van der Waals surface area contributed by atoms with Crippen molar-refractivity contribution in [1.29, 1.82) is 0 Å². The van der Waals surface area contributed by atoms with E-state index in [-0.39, 0.29) is 11.6 Å². The molecule has 1 amide bonds. The number of nitrogens with one attached hydrogen (secondary N) is 1. The van der Waals surface area contributed by atoms with Gasteiger partial charge in [-0.05, 0) is 32.4 Å². The van der Waals surface area contributed by atoms with Gasteiger partial charge in [-0.1, -0.05) is 0 Å². The van der Waals surface area contributed by atoms with Crippen LogP contribution in [0.15, 0.2) is 12.1 Å². The fourth-order valence-corrected chi connectivity index (χ4v) is 1.60. The van der Waals surface area contributed by atoms with Crippen LogP contribution in [0.25, 0.3) is 0 Å². The Hall–Kier alpha value is -1.62. The first-order chi connectivity index (χ1) is 8.45. The average molecular weight is 254 g/mol. The summed E-state index contributed by atoms with van der Waals surface area (Å²) in [6.07, 6.45) is 0.790. The van der Waals surface area contributed by atoms with Gasteiger partial charge in [-0.15, -0.1) is 0 Å². The molecular formula is C13H19FN2O2. The zero-order chi connectivity index (χ0) is 13.7. The van der Waals surface area contributed by atoms with Gasteiger partial charge in [0.15, 0.2) is 0 Å². The molecule has 4 nitrogen and oxygen atoms in total. The van der Waals surface area contributed by atoms with Gasteiger partial charge in [0.2, 0.25) is 5.91 Å². The van der Waals surface area contributed by atoms with Crippen LogP contribution >= 0.6 is 0 Å². The molecule has 0 aliphatic rings. The van der Waals surface area contributed by atoms with Crippen LogP contribution in [0.5, 0.6) is 0 Å². The molecular weight excluding hydrogens is 235 g/mol. The minimum Gasteiger partial charge on any atom is -0.385 e. The molecule has 0 aromatic heterocycles. The summed E-state index contributed by atoms with van der Waals surface area (Å²) >= 11 is 0. The molecule has 1 rings (SSSR count). The number of methoxy groups -OCH3 is 1. The summed E-state index contributed by atoms with van der Waals surface area (Å²) in [6, 6.07) is 2.85. The van der Waals surface area contributed by atoms with E-state index in [4.69, 9.17) is 10.5 Å². The predicted octanol–water partition coefficient (Wildman–Crippen LogP) is 2.07. The van der Waals surface area contributed by atoms with Gasteiger partial charge in [0.1, 0.15) is 5.82 Å². The fourth-order valence-electron chi connectivity index (χ4n) is 1.60. The van der Waals surface area contributed by atoms with Gasteiger partial charge in [-0.2, -0.15) is 0 Å². The maximum Gasteiger partial charge on any atom is 0.248 e. The molecule has 100 valence electrons. The summed E-state index contributed by atoms with van der Waals surface area (Å²) in [7, 11) is 1.63. The van der Waals surface area contributed by atoms with Crippen LogP contribution in [0, 0.1) is 12.7 Å². The Labute approximate surface area is 106 Å². The number of nitrogens with two attached hydrogens (primary N) is 1. The predicted molar refractivity (Wildman–Crippen MR) is 69.2 cm³/mol. The lowest BCUT2D eigenvalue weighted by Crippen LogP contribution is -2.19. The molecule has 1 aromatic rings. The second kappa shape index (κ2) is 6.35. The van der Waals surface area contributed by atoms with Gasteiger partial charge in [0.25, 0.3) is 0 Å². The molecule has 0 radical (unpaired) electrons. The first-order valence-electron chi connectivity index (χ1n) is 5.81. The summed E-state index contributed by atoms with van der Waals surface area (Å²) in [5, 5.41) is 3.15. The van der Waals surface area contributed by atoms with Crippen molar-refractivity contribution in [2.75, 3.05) is 19.0 Å². The summed E-state index contributed by atoms with van der Waals surface area (Å²) in [5.74, 6) is -1.07. The Morgan fingerprint density at radius 2 is 2.22 bits per heavy atom. The third kappa shape index (κ3) is 3.70. The topological polar surface area (TPSA) is 64.3 Å². The van der Waals surface area contributed by atoms with Crippen LogP contribution in [0.4, 0.5) is 10.1 Å². The van der Waals surface area contributed by atoms with E-state index in [2.05, 4.69) is 5.32 Å². The Balaban J connectivity index is 2.90. The van der Waals surface area contributed by atoms with E-state index in [0.29, 0.717) is 17.9 Å². The molecule has 1 aromatic carbocycles. The largest absolute Gasteiger partial charge is 0.385 e. The van der Waals surface area contributed by atoms with Gasteiger partial charge >= 0.3 is 0 Å². The Kier molecular flexibility index (Phi) is 5.09. The number of anilines is 1. The number of halogens is 1. The Bertz CT molecular complexity index is 435. The van der Waals surface area contributed by atoms with Crippen molar-refractivity contribution in [3.8, 4) is 0 Å². The van der Waals surface area contributed by atoms with Crippen LogP contribution in [0.2, 0.25) is 0 Å². The van der Waals surface area contributed by atoms with Crippen LogP contribution in [-0.2, 0) is 4.74 Å². The standard InChI is InChI=1S/C13H19FN2O2/c1-8(4-5-18-3)16-12-7-10(13(15)17)6-11(14)9(12)2/h6-8,16H,4-5H2,1-3H3,(H2,15,17). The molecule has 0 bridgehead atoms. The van der Waals surface area contributed by atoms with E-state index < -0.39 is 11.7 Å². The molecule has 0 saturated heterocycles. The van der Waals surface area contributed by atoms with E-state index in [1.807, 2.05) is 6.92 Å². The van der Waals surface area contributed by atoms with Crippen molar-refractivity contribution in [2.45, 2.75) is 26.3 Å². The molecule has 0 aliphatic heterocycles. The monoisotopic (exact) mass is 254 g/mol. The third-order valence-corrected chi connectivity index (χ3v) is 2.79. The van der Waals surface area contributed by atoms with Gasteiger partial charge in [0.05, 0.1) is 0 Å². The molecule has 0 spiro atoms. The number of amides is 1. The second-order valence-corrected chi connectivity index (χ2v) is 4.32.